The first kappa shape index (κ1) is 13.3. The van der Waals surface area contributed by atoms with Crippen molar-refractivity contribution in [2.75, 3.05) is 18.0 Å². The van der Waals surface area contributed by atoms with Crippen molar-refractivity contribution in [1.29, 1.82) is 0 Å². The van der Waals surface area contributed by atoms with Crippen LogP contribution in [0.25, 0.3) is 10.9 Å². The van der Waals surface area contributed by atoms with Crippen LogP contribution in [-0.2, 0) is 0 Å². The quantitative estimate of drug-likeness (QED) is 0.927. The van der Waals surface area contributed by atoms with Gasteiger partial charge >= 0.3 is 0 Å². The summed E-state index contributed by atoms with van der Waals surface area (Å²) in [4.78, 5) is 2.44. The van der Waals surface area contributed by atoms with Crippen LogP contribution in [0.2, 0.25) is 0 Å². The summed E-state index contributed by atoms with van der Waals surface area (Å²) in [6.07, 6.45) is 4.45. The van der Waals surface area contributed by atoms with Crippen LogP contribution in [0.5, 0.6) is 0 Å². The third-order valence-electron chi connectivity index (χ3n) is 4.04. The predicted octanol–water partition coefficient (Wildman–Crippen LogP) is 2.60. The van der Waals surface area contributed by atoms with Gasteiger partial charge in [-0.3, -0.25) is 0 Å². The maximum Gasteiger partial charge on any atom is 0.0950 e. The molecular formula is C16H22N4. The average Bonchev–Trinajstić information content (AvgIpc) is 2.97. The molecule has 0 amide bonds. The zero-order chi connectivity index (χ0) is 13.9. The van der Waals surface area contributed by atoms with E-state index >= 15 is 0 Å². The fourth-order valence-electron chi connectivity index (χ4n) is 2.96. The van der Waals surface area contributed by atoms with Crippen molar-refractivity contribution in [3.63, 3.8) is 0 Å². The highest BCUT2D eigenvalue weighted by atomic mass is 15.2. The number of anilines is 1. The van der Waals surface area contributed by atoms with Gasteiger partial charge in [0, 0.05) is 24.0 Å². The second-order valence-electron chi connectivity index (χ2n) is 5.79. The third kappa shape index (κ3) is 2.61. The van der Waals surface area contributed by atoms with E-state index in [2.05, 4.69) is 46.4 Å². The van der Waals surface area contributed by atoms with Crippen LogP contribution in [0.15, 0.2) is 30.5 Å². The number of hydrogen-bond donors (Lipinski definition) is 1. The molecule has 2 aromatic rings. The van der Waals surface area contributed by atoms with E-state index < -0.39 is 0 Å². The molecule has 1 unspecified atom stereocenters. The summed E-state index contributed by atoms with van der Waals surface area (Å²) < 4.78 is 0. The summed E-state index contributed by atoms with van der Waals surface area (Å²) in [6.45, 7) is 6.66. The fraction of sp³-hybridized carbons (Fsp3) is 0.500. The molecule has 0 bridgehead atoms. The summed E-state index contributed by atoms with van der Waals surface area (Å²) in [5.74, 6) is 0. The molecule has 1 aromatic heterocycles. The maximum absolute atomic E-state index is 4.22. The van der Waals surface area contributed by atoms with Crippen LogP contribution >= 0.6 is 0 Å². The number of aromatic nitrogens is 2. The van der Waals surface area contributed by atoms with E-state index in [1.807, 2.05) is 18.3 Å². The molecule has 3 rings (SSSR count). The standard InChI is InChI=1S/C16H22N4/c1-12(2)20(11-13-6-5-9-17-13)16-10-18-19-15-8-4-3-7-14(15)16/h3-4,7-8,10,12-13,17H,5-6,9,11H2,1-2H3. The van der Waals surface area contributed by atoms with Gasteiger partial charge in [-0.2, -0.15) is 10.2 Å². The van der Waals surface area contributed by atoms with E-state index in [0.717, 1.165) is 18.6 Å². The first-order chi connectivity index (χ1) is 9.75. The molecule has 1 aliphatic heterocycles. The minimum absolute atomic E-state index is 0.449. The second-order valence-corrected chi connectivity index (χ2v) is 5.79. The summed E-state index contributed by atoms with van der Waals surface area (Å²) >= 11 is 0. The van der Waals surface area contributed by atoms with E-state index in [0.29, 0.717) is 12.1 Å². The molecule has 1 saturated heterocycles. The van der Waals surface area contributed by atoms with Gasteiger partial charge < -0.3 is 10.2 Å². The van der Waals surface area contributed by atoms with Crippen molar-refractivity contribution in [3.8, 4) is 0 Å². The van der Waals surface area contributed by atoms with Gasteiger partial charge in [-0.1, -0.05) is 18.2 Å². The molecule has 0 saturated carbocycles. The highest BCUT2D eigenvalue weighted by molar-refractivity contribution is 5.90. The lowest BCUT2D eigenvalue weighted by Gasteiger charge is -2.32. The molecular weight excluding hydrogens is 248 g/mol. The topological polar surface area (TPSA) is 41.0 Å². The Hall–Kier alpha value is -1.68. The summed E-state index contributed by atoms with van der Waals surface area (Å²) in [7, 11) is 0. The van der Waals surface area contributed by atoms with Crippen LogP contribution in [0, 0.1) is 0 Å². The van der Waals surface area contributed by atoms with Gasteiger partial charge in [-0.05, 0) is 39.3 Å². The summed E-state index contributed by atoms with van der Waals surface area (Å²) in [6, 6.07) is 9.28. The molecule has 0 aliphatic carbocycles. The molecule has 1 atom stereocenters. The number of hydrogen-bond acceptors (Lipinski definition) is 4. The highest BCUT2D eigenvalue weighted by Gasteiger charge is 2.21. The Balaban J connectivity index is 1.96. The zero-order valence-electron chi connectivity index (χ0n) is 12.2. The highest BCUT2D eigenvalue weighted by Crippen LogP contribution is 2.26. The second kappa shape index (κ2) is 5.75. The van der Waals surface area contributed by atoms with E-state index in [4.69, 9.17) is 0 Å². The van der Waals surface area contributed by atoms with Gasteiger partial charge in [0.1, 0.15) is 0 Å². The van der Waals surface area contributed by atoms with Crippen LogP contribution in [0.3, 0.4) is 0 Å². The van der Waals surface area contributed by atoms with Gasteiger partial charge in [0.2, 0.25) is 0 Å². The molecule has 1 aliphatic rings. The molecule has 20 heavy (non-hydrogen) atoms. The Bertz CT molecular complexity index is 570. The van der Waals surface area contributed by atoms with Gasteiger partial charge in [0.05, 0.1) is 17.4 Å². The van der Waals surface area contributed by atoms with Crippen LogP contribution in [-0.4, -0.2) is 35.4 Å². The van der Waals surface area contributed by atoms with Crippen molar-refractivity contribution in [1.82, 2.24) is 15.5 Å². The van der Waals surface area contributed by atoms with E-state index in [1.165, 1.54) is 23.9 Å². The molecule has 1 aromatic carbocycles. The van der Waals surface area contributed by atoms with Crippen molar-refractivity contribution in [3.05, 3.63) is 30.5 Å². The van der Waals surface area contributed by atoms with Crippen LogP contribution in [0.4, 0.5) is 5.69 Å². The molecule has 1 fully saturated rings. The van der Waals surface area contributed by atoms with E-state index in [1.54, 1.807) is 0 Å². The number of rotatable bonds is 4. The van der Waals surface area contributed by atoms with Gasteiger partial charge in [0.15, 0.2) is 0 Å². The minimum Gasteiger partial charge on any atom is -0.366 e. The van der Waals surface area contributed by atoms with Crippen LogP contribution in [0.1, 0.15) is 26.7 Å². The lowest BCUT2D eigenvalue weighted by molar-refractivity contribution is 0.553. The Morgan fingerprint density at radius 1 is 1.35 bits per heavy atom. The molecule has 4 nitrogen and oxygen atoms in total. The largest absolute Gasteiger partial charge is 0.366 e. The average molecular weight is 270 g/mol. The molecule has 4 heteroatoms. The van der Waals surface area contributed by atoms with Crippen LogP contribution < -0.4 is 10.2 Å². The van der Waals surface area contributed by atoms with Crippen molar-refractivity contribution in [2.24, 2.45) is 0 Å². The SMILES string of the molecule is CC(C)N(CC1CCCN1)c1cnnc2ccccc12. The molecule has 106 valence electrons. The fourth-order valence-corrected chi connectivity index (χ4v) is 2.96. The Morgan fingerprint density at radius 3 is 2.95 bits per heavy atom. The van der Waals surface area contributed by atoms with Gasteiger partial charge in [-0.15, -0.1) is 0 Å². The maximum atomic E-state index is 4.22. The Labute approximate surface area is 120 Å². The number of fused-ring (bicyclic) bond motifs is 1. The van der Waals surface area contributed by atoms with Gasteiger partial charge in [-0.25, -0.2) is 0 Å². The minimum atomic E-state index is 0.449. The number of nitrogens with zero attached hydrogens (tertiary/aromatic N) is 3. The normalized spacial score (nSPS) is 18.9. The smallest absolute Gasteiger partial charge is 0.0950 e. The predicted molar refractivity (Wildman–Crippen MR) is 83.0 cm³/mol. The molecule has 1 N–H and O–H groups in total. The van der Waals surface area contributed by atoms with Crippen molar-refractivity contribution >= 4 is 16.6 Å². The Kier molecular flexibility index (Phi) is 3.83. The number of benzene rings is 1. The van der Waals surface area contributed by atoms with Gasteiger partial charge in [0.25, 0.3) is 0 Å². The first-order valence-electron chi connectivity index (χ1n) is 7.46. The lowest BCUT2D eigenvalue weighted by atomic mass is 10.1. The van der Waals surface area contributed by atoms with E-state index in [9.17, 15) is 0 Å². The monoisotopic (exact) mass is 270 g/mol. The summed E-state index contributed by atoms with van der Waals surface area (Å²) in [5.41, 5.74) is 2.16. The lowest BCUT2D eigenvalue weighted by Crippen LogP contribution is -2.41. The van der Waals surface area contributed by atoms with E-state index in [-0.39, 0.29) is 0 Å². The van der Waals surface area contributed by atoms with Crippen molar-refractivity contribution < 1.29 is 0 Å². The van der Waals surface area contributed by atoms with Crippen molar-refractivity contribution in [2.45, 2.75) is 38.8 Å². The Morgan fingerprint density at radius 2 is 2.20 bits per heavy atom. The summed E-state index contributed by atoms with van der Waals surface area (Å²) in [5, 5.41) is 13.2. The number of nitrogens with one attached hydrogen (secondary N) is 1. The molecule has 0 spiro atoms. The molecule has 0 radical (unpaired) electrons. The third-order valence-corrected chi connectivity index (χ3v) is 4.04. The first-order valence-corrected chi connectivity index (χ1v) is 7.46. The molecule has 2 heterocycles. The zero-order valence-corrected chi connectivity index (χ0v) is 12.2.